The Hall–Kier alpha value is -3.28. The number of rotatable bonds is 9. The van der Waals surface area contributed by atoms with Crippen molar-refractivity contribution in [1.82, 2.24) is 4.57 Å². The number of carbonyl (C=O) groups excluding carboxylic acids is 1. The summed E-state index contributed by atoms with van der Waals surface area (Å²) in [6.45, 7) is 3.16. The minimum atomic E-state index is -1.06. The number of allylic oxidation sites excluding steroid dienone is 2. The van der Waals surface area contributed by atoms with Gasteiger partial charge in [0.25, 0.3) is 0 Å². The number of halogens is 1. The Morgan fingerprint density at radius 3 is 2.31 bits per heavy atom. The average Bonchev–Trinajstić information content (AvgIpc) is 3.31. The first kappa shape index (κ1) is 24.4. The van der Waals surface area contributed by atoms with Crippen molar-refractivity contribution >= 4 is 22.5 Å². The van der Waals surface area contributed by atoms with E-state index in [1.165, 1.54) is 24.7 Å². The van der Waals surface area contributed by atoms with E-state index in [9.17, 15) is 20.1 Å². The summed E-state index contributed by atoms with van der Waals surface area (Å²) in [5.41, 5.74) is 0.435. The van der Waals surface area contributed by atoms with Crippen molar-refractivity contribution < 1.29 is 43.5 Å². The zero-order valence-corrected chi connectivity index (χ0v) is 19.9. The van der Waals surface area contributed by atoms with E-state index in [-0.39, 0.29) is 44.3 Å². The molecule has 3 atom stereocenters. The van der Waals surface area contributed by atoms with Crippen molar-refractivity contribution in [3.63, 3.8) is 0 Å². The largest absolute Gasteiger partial charge is 0.462 e. The van der Waals surface area contributed by atoms with E-state index in [1.807, 2.05) is 13.8 Å². The minimum Gasteiger partial charge on any atom is -0.462 e. The molecule has 1 amide bonds. The average molecular weight is 505 g/mol. The number of amides is 1. The molecule has 1 aliphatic carbocycles. The van der Waals surface area contributed by atoms with Gasteiger partial charge in [-0.15, -0.1) is 0 Å². The Labute approximate surface area is 206 Å². The van der Waals surface area contributed by atoms with E-state index in [2.05, 4.69) is 5.32 Å². The molecule has 0 spiro atoms. The van der Waals surface area contributed by atoms with Crippen LogP contribution in [0, 0.1) is 23.6 Å². The van der Waals surface area contributed by atoms with Crippen LogP contribution in [0.1, 0.15) is 19.5 Å². The lowest BCUT2D eigenvalue weighted by Gasteiger charge is -2.25. The van der Waals surface area contributed by atoms with Crippen LogP contribution in [0.5, 0.6) is 0 Å². The summed E-state index contributed by atoms with van der Waals surface area (Å²) in [7, 11) is 0. The molecule has 3 aliphatic rings. The summed E-state index contributed by atoms with van der Waals surface area (Å²) >= 11 is 0. The van der Waals surface area contributed by atoms with E-state index < -0.39 is 35.8 Å². The van der Waals surface area contributed by atoms with Crippen LogP contribution in [-0.4, -0.2) is 58.7 Å². The lowest BCUT2D eigenvalue weighted by atomic mass is 9.90. The molecule has 2 aliphatic heterocycles. The van der Waals surface area contributed by atoms with Crippen LogP contribution in [0.15, 0.2) is 42.2 Å². The lowest BCUT2D eigenvalue weighted by molar-refractivity contribution is -0.118. The first-order chi connectivity index (χ1) is 17.2. The topological polar surface area (TPSA) is 132 Å². The fraction of sp³-hybridized carbons (Fsp3) is 0.480. The summed E-state index contributed by atoms with van der Waals surface area (Å²) in [6, 6.07) is 4.59. The molecular formula is C25H29FN2O8. The summed E-state index contributed by atoms with van der Waals surface area (Å²) in [5.74, 6) is -1.19. The number of ether oxygens (including phenoxy) is 4. The number of carbonyl (C=O) groups is 1. The molecule has 0 radical (unpaired) electrons. The maximum absolute atomic E-state index is 15.2. The van der Waals surface area contributed by atoms with Crippen LogP contribution >= 0.6 is 0 Å². The Balaban J connectivity index is 1.45. The zero-order valence-electron chi connectivity index (χ0n) is 19.9. The number of aliphatic hydroxyl groups excluding tert-OH is 3. The van der Waals surface area contributed by atoms with E-state index in [4.69, 9.17) is 18.9 Å². The van der Waals surface area contributed by atoms with Crippen LogP contribution in [-0.2, 0) is 35.7 Å². The molecule has 3 heterocycles. The van der Waals surface area contributed by atoms with Gasteiger partial charge in [0.1, 0.15) is 29.9 Å². The third-order valence-corrected chi connectivity index (χ3v) is 6.91. The number of nitrogens with zero attached hydrogens (tertiary/aromatic N) is 1. The highest BCUT2D eigenvalue weighted by Crippen LogP contribution is 2.57. The number of hydrogen-bond donors (Lipinski definition) is 4. The second-order valence-electron chi connectivity index (χ2n) is 9.87. The molecule has 2 aromatic rings. The standard InChI is InChI=1S/C25H29FN2O8/c1-25(2,10-30)20-4-13-3-16(15(26)5-17(13)28(20)6-14(31)7-29)27-24(32)23-21(18-8-33-11-35-18)22(23)19-9-34-12-36-19/h3-5,8-9,14,21-23,29-31H,6-7,10-12H2,1-2H3,(H,27,32). The highest BCUT2D eigenvalue weighted by Gasteiger charge is 2.61. The molecule has 3 unspecified atom stereocenters. The number of nitrogens with one attached hydrogen (secondary N) is 1. The van der Waals surface area contributed by atoms with Gasteiger partial charge in [0.15, 0.2) is 0 Å². The van der Waals surface area contributed by atoms with Gasteiger partial charge in [0.2, 0.25) is 19.5 Å². The third kappa shape index (κ3) is 4.27. The molecule has 194 valence electrons. The molecule has 1 saturated carbocycles. The highest BCUT2D eigenvalue weighted by atomic mass is 19.1. The second kappa shape index (κ2) is 9.30. The van der Waals surface area contributed by atoms with E-state index in [0.29, 0.717) is 28.1 Å². The van der Waals surface area contributed by atoms with Gasteiger partial charge < -0.3 is 44.2 Å². The summed E-state index contributed by atoms with van der Waals surface area (Å²) in [4.78, 5) is 13.2. The first-order valence-electron chi connectivity index (χ1n) is 11.7. The van der Waals surface area contributed by atoms with E-state index in [0.717, 1.165) is 0 Å². The molecule has 1 fully saturated rings. The fourth-order valence-electron chi connectivity index (χ4n) is 4.90. The normalized spacial score (nSPS) is 23.8. The molecule has 5 rings (SSSR count). The number of anilines is 1. The molecular weight excluding hydrogens is 475 g/mol. The SMILES string of the molecule is CC(C)(CO)c1cc2cc(NC(=O)C3C(C4=COCO4)C3C3=COCO3)c(F)cc2n1CC(O)CO. The van der Waals surface area contributed by atoms with Gasteiger partial charge >= 0.3 is 0 Å². The number of hydrogen-bond acceptors (Lipinski definition) is 8. The van der Waals surface area contributed by atoms with Gasteiger partial charge in [0, 0.05) is 34.4 Å². The quantitative estimate of drug-likeness (QED) is 0.407. The van der Waals surface area contributed by atoms with Gasteiger partial charge in [-0.05, 0) is 12.1 Å². The van der Waals surface area contributed by atoms with Crippen LogP contribution in [0.2, 0.25) is 0 Å². The smallest absolute Gasteiger partial charge is 0.229 e. The predicted molar refractivity (Wildman–Crippen MR) is 124 cm³/mol. The van der Waals surface area contributed by atoms with Gasteiger partial charge in [-0.3, -0.25) is 4.79 Å². The molecule has 4 N–H and O–H groups in total. The molecule has 1 aromatic carbocycles. The number of aliphatic hydroxyl groups is 3. The zero-order chi connectivity index (χ0) is 25.6. The Kier molecular flexibility index (Phi) is 6.31. The van der Waals surface area contributed by atoms with Crippen LogP contribution in [0.4, 0.5) is 10.1 Å². The second-order valence-corrected chi connectivity index (χ2v) is 9.87. The lowest BCUT2D eigenvalue weighted by Crippen LogP contribution is -2.29. The van der Waals surface area contributed by atoms with Crippen molar-refractivity contribution in [3.05, 3.63) is 53.8 Å². The van der Waals surface area contributed by atoms with Crippen molar-refractivity contribution in [2.24, 2.45) is 17.8 Å². The summed E-state index contributed by atoms with van der Waals surface area (Å²) < 4.78 is 38.2. The fourth-order valence-corrected chi connectivity index (χ4v) is 4.90. The van der Waals surface area contributed by atoms with Gasteiger partial charge in [-0.1, -0.05) is 13.8 Å². The van der Waals surface area contributed by atoms with Crippen molar-refractivity contribution in [1.29, 1.82) is 0 Å². The van der Waals surface area contributed by atoms with Crippen molar-refractivity contribution in [2.75, 3.05) is 32.1 Å². The molecule has 11 heteroatoms. The Morgan fingerprint density at radius 2 is 1.78 bits per heavy atom. The number of aromatic nitrogens is 1. The number of fused-ring (bicyclic) bond motifs is 1. The summed E-state index contributed by atoms with van der Waals surface area (Å²) in [6.07, 6.45) is 1.89. The maximum Gasteiger partial charge on any atom is 0.229 e. The van der Waals surface area contributed by atoms with Crippen LogP contribution in [0.25, 0.3) is 10.9 Å². The van der Waals surface area contributed by atoms with E-state index in [1.54, 1.807) is 10.6 Å². The highest BCUT2D eigenvalue weighted by molar-refractivity contribution is 5.98. The van der Waals surface area contributed by atoms with Crippen molar-refractivity contribution in [3.8, 4) is 0 Å². The predicted octanol–water partition coefficient (Wildman–Crippen LogP) is 1.90. The van der Waals surface area contributed by atoms with Crippen LogP contribution in [0.3, 0.4) is 0 Å². The van der Waals surface area contributed by atoms with E-state index >= 15 is 4.39 Å². The monoisotopic (exact) mass is 504 g/mol. The van der Waals surface area contributed by atoms with Crippen LogP contribution < -0.4 is 5.32 Å². The Morgan fingerprint density at radius 1 is 1.14 bits per heavy atom. The van der Waals surface area contributed by atoms with Gasteiger partial charge in [0.05, 0.1) is 43.0 Å². The summed E-state index contributed by atoms with van der Waals surface area (Å²) in [5, 5.41) is 32.6. The first-order valence-corrected chi connectivity index (χ1v) is 11.7. The molecule has 0 saturated heterocycles. The Bertz CT molecular complexity index is 1210. The molecule has 1 aromatic heterocycles. The molecule has 10 nitrogen and oxygen atoms in total. The van der Waals surface area contributed by atoms with Crippen molar-refractivity contribution in [2.45, 2.75) is 31.9 Å². The van der Waals surface area contributed by atoms with Gasteiger partial charge in [-0.25, -0.2) is 4.39 Å². The number of benzene rings is 1. The molecule has 0 bridgehead atoms. The third-order valence-electron chi connectivity index (χ3n) is 6.91. The van der Waals surface area contributed by atoms with Gasteiger partial charge in [-0.2, -0.15) is 0 Å². The molecule has 36 heavy (non-hydrogen) atoms. The maximum atomic E-state index is 15.2. The minimum absolute atomic E-state index is 0.000232.